The van der Waals surface area contributed by atoms with Crippen LogP contribution in [0.15, 0.2) is 66.7 Å². The molecule has 0 aliphatic heterocycles. The first-order chi connectivity index (χ1) is 14.1. The van der Waals surface area contributed by atoms with Crippen LogP contribution in [0.1, 0.15) is 28.4 Å². The van der Waals surface area contributed by atoms with Gasteiger partial charge in [-0.2, -0.15) is 0 Å². The van der Waals surface area contributed by atoms with Crippen LogP contribution in [0.5, 0.6) is 17.2 Å². The standard InChI is InChI=1S/C24H25NO4/c1-4-28-21-12-8-20(9-13-21)25-24(26)18-7-14-23(27-3)19(15-18)16-29-22-10-5-17(2)6-11-22/h5-15H,4,16H2,1-3H3,(H,25,26). The number of carbonyl (C=O) groups excluding carboxylic acids is 1. The highest BCUT2D eigenvalue weighted by Gasteiger charge is 2.12. The smallest absolute Gasteiger partial charge is 0.255 e. The maximum Gasteiger partial charge on any atom is 0.255 e. The number of hydrogen-bond acceptors (Lipinski definition) is 4. The fourth-order valence-electron chi connectivity index (χ4n) is 2.83. The van der Waals surface area contributed by atoms with Crippen molar-refractivity contribution in [3.8, 4) is 17.2 Å². The molecule has 0 aliphatic carbocycles. The van der Waals surface area contributed by atoms with Crippen molar-refractivity contribution < 1.29 is 19.0 Å². The summed E-state index contributed by atoms with van der Waals surface area (Å²) < 4.78 is 16.7. The highest BCUT2D eigenvalue weighted by atomic mass is 16.5. The molecule has 0 heterocycles. The maximum absolute atomic E-state index is 12.7. The molecule has 3 aromatic carbocycles. The molecule has 5 nitrogen and oxygen atoms in total. The predicted molar refractivity (Wildman–Crippen MR) is 114 cm³/mol. The van der Waals surface area contributed by atoms with Crippen LogP contribution in [0.25, 0.3) is 0 Å². The van der Waals surface area contributed by atoms with Gasteiger partial charge in [0.05, 0.1) is 13.7 Å². The summed E-state index contributed by atoms with van der Waals surface area (Å²) in [6.45, 7) is 4.86. The number of methoxy groups -OCH3 is 1. The molecule has 3 aromatic rings. The molecule has 0 fully saturated rings. The Morgan fingerprint density at radius 2 is 1.55 bits per heavy atom. The molecule has 29 heavy (non-hydrogen) atoms. The van der Waals surface area contributed by atoms with E-state index < -0.39 is 0 Å². The van der Waals surface area contributed by atoms with Crippen molar-refractivity contribution in [1.29, 1.82) is 0 Å². The van der Waals surface area contributed by atoms with Crippen molar-refractivity contribution in [2.45, 2.75) is 20.5 Å². The highest BCUT2D eigenvalue weighted by molar-refractivity contribution is 6.04. The highest BCUT2D eigenvalue weighted by Crippen LogP contribution is 2.23. The molecule has 0 aromatic heterocycles. The van der Waals surface area contributed by atoms with Crippen molar-refractivity contribution in [2.24, 2.45) is 0 Å². The Bertz CT molecular complexity index is 950. The van der Waals surface area contributed by atoms with Crippen LogP contribution in [-0.4, -0.2) is 19.6 Å². The van der Waals surface area contributed by atoms with Gasteiger partial charge in [-0.25, -0.2) is 0 Å². The minimum absolute atomic E-state index is 0.201. The normalized spacial score (nSPS) is 10.3. The van der Waals surface area contributed by atoms with Crippen molar-refractivity contribution in [3.05, 3.63) is 83.4 Å². The van der Waals surface area contributed by atoms with E-state index in [9.17, 15) is 4.79 Å². The van der Waals surface area contributed by atoms with Gasteiger partial charge in [-0.15, -0.1) is 0 Å². The second kappa shape index (κ2) is 9.64. The molecule has 0 radical (unpaired) electrons. The predicted octanol–water partition coefficient (Wildman–Crippen LogP) is 5.23. The van der Waals surface area contributed by atoms with E-state index in [0.29, 0.717) is 30.2 Å². The van der Waals surface area contributed by atoms with E-state index in [-0.39, 0.29) is 5.91 Å². The fraction of sp³-hybridized carbons (Fsp3) is 0.208. The molecule has 0 aliphatic rings. The second-order valence-electron chi connectivity index (χ2n) is 6.54. The summed E-state index contributed by atoms with van der Waals surface area (Å²) in [6, 6.07) is 20.4. The molecule has 0 saturated heterocycles. The number of ether oxygens (including phenoxy) is 3. The van der Waals surface area contributed by atoms with Crippen molar-refractivity contribution in [3.63, 3.8) is 0 Å². The third kappa shape index (κ3) is 5.51. The minimum Gasteiger partial charge on any atom is -0.496 e. The largest absolute Gasteiger partial charge is 0.496 e. The van der Waals surface area contributed by atoms with Crippen LogP contribution in [-0.2, 0) is 6.61 Å². The van der Waals surface area contributed by atoms with E-state index in [4.69, 9.17) is 14.2 Å². The zero-order chi connectivity index (χ0) is 20.6. The van der Waals surface area contributed by atoms with E-state index in [1.807, 2.05) is 62.4 Å². The molecule has 150 valence electrons. The number of rotatable bonds is 8. The van der Waals surface area contributed by atoms with Gasteiger partial charge < -0.3 is 19.5 Å². The zero-order valence-electron chi connectivity index (χ0n) is 16.9. The summed E-state index contributed by atoms with van der Waals surface area (Å²) in [5.74, 6) is 2.01. The molecule has 3 rings (SSSR count). The number of benzene rings is 3. The average Bonchev–Trinajstić information content (AvgIpc) is 2.74. The number of nitrogens with one attached hydrogen (secondary N) is 1. The van der Waals surface area contributed by atoms with Crippen molar-refractivity contribution in [1.82, 2.24) is 0 Å². The van der Waals surface area contributed by atoms with Crippen molar-refractivity contribution >= 4 is 11.6 Å². The van der Waals surface area contributed by atoms with Gasteiger partial charge >= 0.3 is 0 Å². The summed E-state index contributed by atoms with van der Waals surface area (Å²) in [5, 5.41) is 2.90. The van der Waals surface area contributed by atoms with Gasteiger partial charge in [-0.05, 0) is 68.4 Å². The molecule has 0 saturated carbocycles. The summed E-state index contributed by atoms with van der Waals surface area (Å²) in [7, 11) is 1.60. The monoisotopic (exact) mass is 391 g/mol. The molecule has 1 amide bonds. The quantitative estimate of drug-likeness (QED) is 0.571. The lowest BCUT2D eigenvalue weighted by molar-refractivity contribution is 0.102. The van der Waals surface area contributed by atoms with Gasteiger partial charge in [0.25, 0.3) is 5.91 Å². The van der Waals surface area contributed by atoms with E-state index in [2.05, 4.69) is 5.32 Å². The lowest BCUT2D eigenvalue weighted by Crippen LogP contribution is -2.13. The molecular formula is C24H25NO4. The van der Waals surface area contributed by atoms with E-state index in [0.717, 1.165) is 17.1 Å². The molecule has 5 heteroatoms. The third-order valence-electron chi connectivity index (χ3n) is 4.38. The van der Waals surface area contributed by atoms with Crippen LogP contribution in [0.3, 0.4) is 0 Å². The summed E-state index contributed by atoms with van der Waals surface area (Å²) >= 11 is 0. The Kier molecular flexibility index (Phi) is 6.74. The molecule has 0 atom stereocenters. The number of anilines is 1. The van der Waals surface area contributed by atoms with Crippen LogP contribution < -0.4 is 19.5 Å². The number of aryl methyl sites for hydroxylation is 1. The second-order valence-corrected chi connectivity index (χ2v) is 6.54. The first kappa shape index (κ1) is 20.3. The Morgan fingerprint density at radius 3 is 2.21 bits per heavy atom. The Balaban J connectivity index is 1.71. The Hall–Kier alpha value is -3.47. The number of amides is 1. The van der Waals surface area contributed by atoms with Gasteiger partial charge in [0.15, 0.2) is 0 Å². The fourth-order valence-corrected chi connectivity index (χ4v) is 2.83. The van der Waals surface area contributed by atoms with Gasteiger partial charge in [0, 0.05) is 16.8 Å². The zero-order valence-corrected chi connectivity index (χ0v) is 16.9. The van der Waals surface area contributed by atoms with E-state index in [1.54, 1.807) is 25.3 Å². The molecule has 0 bridgehead atoms. The van der Waals surface area contributed by atoms with Crippen LogP contribution in [0.4, 0.5) is 5.69 Å². The average molecular weight is 391 g/mol. The molecular weight excluding hydrogens is 366 g/mol. The van der Waals surface area contributed by atoms with Crippen molar-refractivity contribution in [2.75, 3.05) is 19.0 Å². The van der Waals surface area contributed by atoms with Crippen LogP contribution in [0.2, 0.25) is 0 Å². The lowest BCUT2D eigenvalue weighted by atomic mass is 10.1. The van der Waals surface area contributed by atoms with E-state index in [1.165, 1.54) is 5.56 Å². The number of hydrogen-bond donors (Lipinski definition) is 1. The van der Waals surface area contributed by atoms with Gasteiger partial charge in [0.2, 0.25) is 0 Å². The summed E-state index contributed by atoms with van der Waals surface area (Å²) in [5.41, 5.74) is 3.20. The third-order valence-corrected chi connectivity index (χ3v) is 4.38. The molecule has 0 spiro atoms. The topological polar surface area (TPSA) is 56.8 Å². The SMILES string of the molecule is CCOc1ccc(NC(=O)c2ccc(OC)c(COc3ccc(C)cc3)c2)cc1. The first-order valence-electron chi connectivity index (χ1n) is 9.49. The molecule has 1 N–H and O–H groups in total. The minimum atomic E-state index is -0.201. The van der Waals surface area contributed by atoms with E-state index >= 15 is 0 Å². The first-order valence-corrected chi connectivity index (χ1v) is 9.49. The van der Waals surface area contributed by atoms with Crippen LogP contribution >= 0.6 is 0 Å². The maximum atomic E-state index is 12.7. The number of carbonyl (C=O) groups is 1. The Labute approximate surface area is 171 Å². The summed E-state index contributed by atoms with van der Waals surface area (Å²) in [4.78, 5) is 12.7. The lowest BCUT2D eigenvalue weighted by Gasteiger charge is -2.13. The summed E-state index contributed by atoms with van der Waals surface area (Å²) in [6.07, 6.45) is 0. The molecule has 0 unspecified atom stereocenters. The van der Waals surface area contributed by atoms with Crippen LogP contribution in [0, 0.1) is 6.92 Å². The van der Waals surface area contributed by atoms with Gasteiger partial charge in [-0.3, -0.25) is 4.79 Å². The Morgan fingerprint density at radius 1 is 0.897 bits per heavy atom. The van der Waals surface area contributed by atoms with Gasteiger partial charge in [-0.1, -0.05) is 17.7 Å². The van der Waals surface area contributed by atoms with Gasteiger partial charge in [0.1, 0.15) is 23.9 Å².